The van der Waals surface area contributed by atoms with Gasteiger partial charge < -0.3 is 15.0 Å². The summed E-state index contributed by atoms with van der Waals surface area (Å²) in [6.45, 7) is 1.68. The van der Waals surface area contributed by atoms with Gasteiger partial charge in [0.2, 0.25) is 0 Å². The fourth-order valence-corrected chi connectivity index (χ4v) is 3.95. The zero-order valence-corrected chi connectivity index (χ0v) is 18.6. The number of carbonyl (C=O) groups excluding carboxylic acids is 1. The maximum Gasteiger partial charge on any atom is 0.271 e. The number of nitrogens with one attached hydrogen (secondary N) is 2. The maximum absolute atomic E-state index is 15.5. The van der Waals surface area contributed by atoms with Crippen LogP contribution in [0, 0.1) is 5.82 Å². The fourth-order valence-electron chi connectivity index (χ4n) is 3.95. The lowest BCUT2D eigenvalue weighted by Crippen LogP contribution is -2.35. The van der Waals surface area contributed by atoms with Crippen LogP contribution in [0.2, 0.25) is 0 Å². The molecule has 0 spiro atoms. The van der Waals surface area contributed by atoms with Gasteiger partial charge in [-0.3, -0.25) is 14.2 Å². The summed E-state index contributed by atoms with van der Waals surface area (Å²) in [5, 5.41) is 3.34. The highest BCUT2D eigenvalue weighted by atomic mass is 19.2. The van der Waals surface area contributed by atoms with Crippen molar-refractivity contribution in [1.82, 2.24) is 19.9 Å². The molecule has 0 aliphatic heterocycles. The minimum atomic E-state index is -2.12. The molecule has 176 valence electrons. The normalized spacial score (nSPS) is 17.6. The standard InChI is InChI=1S/C26H20F2N4O3/c1-16-15-26(28,35-22-10-13-30-23-19(22)9-12-29-23)11-8-21(16)31-24(33)20-3-2-14-32(25(20)34)18-6-4-17(27)5-7-18/h2-14H,15H2,1H3,(H,29,30)(H,31,33). The molecule has 2 N–H and O–H groups in total. The monoisotopic (exact) mass is 474 g/mol. The molecule has 7 nitrogen and oxygen atoms in total. The Bertz CT molecular complexity index is 1550. The van der Waals surface area contributed by atoms with Crippen molar-refractivity contribution < 1.29 is 18.3 Å². The van der Waals surface area contributed by atoms with Crippen LogP contribution in [0.25, 0.3) is 16.7 Å². The lowest BCUT2D eigenvalue weighted by Gasteiger charge is -2.28. The summed E-state index contributed by atoms with van der Waals surface area (Å²) in [5.74, 6) is -2.85. The number of aromatic nitrogens is 3. The number of alkyl halides is 1. The van der Waals surface area contributed by atoms with Gasteiger partial charge in [0.05, 0.1) is 5.39 Å². The van der Waals surface area contributed by atoms with Crippen LogP contribution in [0.1, 0.15) is 23.7 Å². The number of nitrogens with zero attached hydrogens (tertiary/aromatic N) is 2. The lowest BCUT2D eigenvalue weighted by molar-refractivity contribution is -0.0147. The van der Waals surface area contributed by atoms with Crippen LogP contribution in [0.4, 0.5) is 8.78 Å². The summed E-state index contributed by atoms with van der Waals surface area (Å²) in [7, 11) is 0. The molecule has 3 heterocycles. The highest BCUT2D eigenvalue weighted by molar-refractivity contribution is 5.95. The first-order chi connectivity index (χ1) is 16.8. The average Bonchev–Trinajstić information content (AvgIpc) is 3.32. The Labute approximate surface area is 198 Å². The number of halogens is 2. The van der Waals surface area contributed by atoms with Crippen molar-refractivity contribution in [2.45, 2.75) is 19.2 Å². The SMILES string of the molecule is CC1=C(NC(=O)c2cccn(-c3ccc(F)cc3)c2=O)C=CC(F)(Oc2ccnc3[nH]ccc23)C1. The van der Waals surface area contributed by atoms with Crippen LogP contribution in [0.3, 0.4) is 0 Å². The molecule has 1 unspecified atom stereocenters. The van der Waals surface area contributed by atoms with Crippen LogP contribution in [0.5, 0.6) is 5.75 Å². The van der Waals surface area contributed by atoms with Gasteiger partial charge in [-0.1, -0.05) is 0 Å². The number of rotatable bonds is 5. The van der Waals surface area contributed by atoms with E-state index >= 15 is 4.39 Å². The van der Waals surface area contributed by atoms with Crippen molar-refractivity contribution >= 4 is 16.9 Å². The van der Waals surface area contributed by atoms with Crippen LogP contribution >= 0.6 is 0 Å². The molecule has 1 amide bonds. The molecule has 0 saturated carbocycles. The number of amides is 1. The van der Waals surface area contributed by atoms with E-state index in [1.165, 1.54) is 59.4 Å². The van der Waals surface area contributed by atoms with E-state index < -0.39 is 23.1 Å². The molecule has 3 aromatic heterocycles. The molecule has 1 aromatic carbocycles. The molecule has 0 fully saturated rings. The Hall–Kier alpha value is -4.53. The molecule has 1 aliphatic rings. The molecule has 4 aromatic rings. The summed E-state index contributed by atoms with van der Waals surface area (Å²) < 4.78 is 35.7. The predicted octanol–water partition coefficient (Wildman–Crippen LogP) is 4.56. The second kappa shape index (κ2) is 8.68. The third kappa shape index (κ3) is 4.35. The molecule has 35 heavy (non-hydrogen) atoms. The van der Waals surface area contributed by atoms with Gasteiger partial charge in [0.15, 0.2) is 0 Å². The van der Waals surface area contributed by atoms with Gasteiger partial charge in [0.1, 0.15) is 22.8 Å². The summed E-state index contributed by atoms with van der Waals surface area (Å²) in [6.07, 6.45) is 7.24. The highest BCUT2D eigenvalue weighted by Gasteiger charge is 2.34. The van der Waals surface area contributed by atoms with E-state index in [1.54, 1.807) is 31.3 Å². The second-order valence-electron chi connectivity index (χ2n) is 8.17. The number of allylic oxidation sites excluding steroid dienone is 1. The molecular weight excluding hydrogens is 454 g/mol. The van der Waals surface area contributed by atoms with Crippen LogP contribution < -0.4 is 15.6 Å². The molecule has 0 bridgehead atoms. The number of carbonyl (C=O) groups is 1. The number of aromatic amines is 1. The minimum absolute atomic E-state index is 0.106. The Balaban J connectivity index is 1.35. The van der Waals surface area contributed by atoms with Gasteiger partial charge in [-0.2, -0.15) is 4.39 Å². The quantitative estimate of drug-likeness (QED) is 0.444. The third-order valence-electron chi connectivity index (χ3n) is 5.71. The van der Waals surface area contributed by atoms with Gasteiger partial charge in [-0.05, 0) is 73.2 Å². The van der Waals surface area contributed by atoms with E-state index in [4.69, 9.17) is 4.74 Å². The van der Waals surface area contributed by atoms with Gasteiger partial charge in [-0.15, -0.1) is 0 Å². The van der Waals surface area contributed by atoms with E-state index in [9.17, 15) is 14.0 Å². The number of ether oxygens (including phenoxy) is 1. The first-order valence-corrected chi connectivity index (χ1v) is 10.8. The number of fused-ring (bicyclic) bond motifs is 1. The van der Waals surface area contributed by atoms with E-state index in [0.29, 0.717) is 33.7 Å². The van der Waals surface area contributed by atoms with Crippen molar-refractivity contribution in [3.8, 4) is 11.4 Å². The average molecular weight is 474 g/mol. The highest BCUT2D eigenvalue weighted by Crippen LogP contribution is 2.34. The van der Waals surface area contributed by atoms with Gasteiger partial charge >= 0.3 is 0 Å². The molecule has 1 atom stereocenters. The van der Waals surface area contributed by atoms with Crippen LogP contribution in [0.15, 0.2) is 95.3 Å². The van der Waals surface area contributed by atoms with E-state index in [0.717, 1.165) is 0 Å². The van der Waals surface area contributed by atoms with Gasteiger partial charge in [-0.25, -0.2) is 9.37 Å². The molecule has 0 saturated heterocycles. The van der Waals surface area contributed by atoms with E-state index in [2.05, 4.69) is 15.3 Å². The molecule has 5 rings (SSSR count). The second-order valence-corrected chi connectivity index (χ2v) is 8.17. The number of hydrogen-bond acceptors (Lipinski definition) is 4. The largest absolute Gasteiger partial charge is 0.453 e. The zero-order valence-electron chi connectivity index (χ0n) is 18.6. The molecule has 9 heteroatoms. The van der Waals surface area contributed by atoms with Crippen LogP contribution in [-0.2, 0) is 0 Å². The number of hydrogen-bond donors (Lipinski definition) is 2. The predicted molar refractivity (Wildman–Crippen MR) is 126 cm³/mol. The first kappa shape index (κ1) is 22.3. The van der Waals surface area contributed by atoms with Crippen LogP contribution in [-0.4, -0.2) is 26.3 Å². The number of H-pyrrole nitrogens is 1. The van der Waals surface area contributed by atoms with Gasteiger partial charge in [0, 0.05) is 36.4 Å². The van der Waals surface area contributed by atoms with Crippen molar-refractivity contribution in [3.05, 3.63) is 112 Å². The minimum Gasteiger partial charge on any atom is -0.453 e. The van der Waals surface area contributed by atoms with E-state index in [1.807, 2.05) is 0 Å². The Kier molecular flexibility index (Phi) is 5.52. The zero-order chi connectivity index (χ0) is 24.6. The first-order valence-electron chi connectivity index (χ1n) is 10.8. The number of pyridine rings is 2. The van der Waals surface area contributed by atoms with Crippen molar-refractivity contribution in [3.63, 3.8) is 0 Å². The fraction of sp³-hybridized carbons (Fsp3) is 0.115. The smallest absolute Gasteiger partial charge is 0.271 e. The molecule has 0 radical (unpaired) electrons. The number of benzene rings is 1. The van der Waals surface area contributed by atoms with Gasteiger partial charge in [0.25, 0.3) is 17.3 Å². The Morgan fingerprint density at radius 2 is 2.00 bits per heavy atom. The summed E-state index contributed by atoms with van der Waals surface area (Å²) >= 11 is 0. The third-order valence-corrected chi connectivity index (χ3v) is 5.71. The van der Waals surface area contributed by atoms with Crippen molar-refractivity contribution in [2.24, 2.45) is 0 Å². The summed E-state index contributed by atoms with van der Waals surface area (Å²) in [5.41, 5.74) is 1.25. The van der Waals surface area contributed by atoms with E-state index in [-0.39, 0.29) is 12.0 Å². The lowest BCUT2D eigenvalue weighted by atomic mass is 9.99. The molecule has 1 aliphatic carbocycles. The topological polar surface area (TPSA) is 89.0 Å². The van der Waals surface area contributed by atoms with Crippen molar-refractivity contribution in [1.29, 1.82) is 0 Å². The molecular formula is C26H20F2N4O3. The summed E-state index contributed by atoms with van der Waals surface area (Å²) in [6, 6.07) is 11.6. The Morgan fingerprint density at radius 1 is 1.20 bits per heavy atom. The Morgan fingerprint density at radius 3 is 2.77 bits per heavy atom. The summed E-state index contributed by atoms with van der Waals surface area (Å²) in [4.78, 5) is 32.9. The maximum atomic E-state index is 15.5. The van der Waals surface area contributed by atoms with Crippen molar-refractivity contribution in [2.75, 3.05) is 0 Å².